The SMILES string of the molecule is CC1CCCNC(=O)CC(O)C(C)C(=O)C(C)CC(C)CCC1. The zero-order chi connectivity index (χ0) is 17.4. The second kappa shape index (κ2) is 10.1. The van der Waals surface area contributed by atoms with Crippen LogP contribution >= 0.6 is 0 Å². The van der Waals surface area contributed by atoms with E-state index in [0.29, 0.717) is 18.4 Å². The Morgan fingerprint density at radius 2 is 1.57 bits per heavy atom. The number of carbonyl (C=O) groups is 2. The van der Waals surface area contributed by atoms with Crippen molar-refractivity contribution >= 4 is 11.7 Å². The van der Waals surface area contributed by atoms with Crippen molar-refractivity contribution in [2.24, 2.45) is 23.7 Å². The minimum Gasteiger partial charge on any atom is -0.392 e. The van der Waals surface area contributed by atoms with Crippen molar-refractivity contribution in [3.63, 3.8) is 0 Å². The Balaban J connectivity index is 2.68. The van der Waals surface area contributed by atoms with Crippen molar-refractivity contribution in [2.75, 3.05) is 6.54 Å². The van der Waals surface area contributed by atoms with Crippen LogP contribution in [-0.4, -0.2) is 29.4 Å². The van der Waals surface area contributed by atoms with Crippen LogP contribution in [0.5, 0.6) is 0 Å². The molecule has 5 atom stereocenters. The van der Waals surface area contributed by atoms with E-state index in [1.165, 1.54) is 12.8 Å². The van der Waals surface area contributed by atoms with Gasteiger partial charge in [-0.2, -0.15) is 0 Å². The molecule has 0 radical (unpaired) electrons. The average Bonchev–Trinajstić information content (AvgIpc) is 2.49. The van der Waals surface area contributed by atoms with E-state index in [1.807, 2.05) is 6.92 Å². The molecular weight excluding hydrogens is 290 g/mol. The molecule has 1 aliphatic rings. The molecule has 4 nitrogen and oxygen atoms in total. The molecule has 1 aliphatic heterocycles. The number of ketones is 1. The van der Waals surface area contributed by atoms with Crippen LogP contribution in [0.3, 0.4) is 0 Å². The second-order valence-electron chi connectivity index (χ2n) is 7.73. The van der Waals surface area contributed by atoms with Gasteiger partial charge < -0.3 is 10.4 Å². The van der Waals surface area contributed by atoms with E-state index in [-0.39, 0.29) is 24.0 Å². The van der Waals surface area contributed by atoms with Gasteiger partial charge >= 0.3 is 0 Å². The van der Waals surface area contributed by atoms with E-state index < -0.39 is 12.0 Å². The molecule has 5 unspecified atom stereocenters. The summed E-state index contributed by atoms with van der Waals surface area (Å²) in [6.07, 6.45) is 5.69. The molecule has 4 heteroatoms. The van der Waals surface area contributed by atoms with Crippen LogP contribution < -0.4 is 5.32 Å². The quantitative estimate of drug-likeness (QED) is 0.718. The van der Waals surface area contributed by atoms with Gasteiger partial charge in [-0.05, 0) is 31.1 Å². The number of hydrogen-bond donors (Lipinski definition) is 2. The maximum Gasteiger partial charge on any atom is 0.222 e. The first-order valence-electron chi connectivity index (χ1n) is 9.29. The third kappa shape index (κ3) is 7.47. The van der Waals surface area contributed by atoms with E-state index in [0.717, 1.165) is 25.7 Å². The fourth-order valence-electron chi connectivity index (χ4n) is 3.55. The Labute approximate surface area is 141 Å². The Hall–Kier alpha value is -0.900. The van der Waals surface area contributed by atoms with Crippen LogP contribution in [0.25, 0.3) is 0 Å². The molecule has 2 N–H and O–H groups in total. The third-order valence-electron chi connectivity index (χ3n) is 5.25. The maximum atomic E-state index is 12.5. The summed E-state index contributed by atoms with van der Waals surface area (Å²) in [7, 11) is 0. The predicted molar refractivity (Wildman–Crippen MR) is 93.0 cm³/mol. The number of aliphatic hydroxyl groups excluding tert-OH is 1. The molecule has 0 aliphatic carbocycles. The summed E-state index contributed by atoms with van der Waals surface area (Å²) >= 11 is 0. The highest BCUT2D eigenvalue weighted by molar-refractivity contribution is 5.84. The lowest BCUT2D eigenvalue weighted by Crippen LogP contribution is -2.35. The molecule has 0 aromatic rings. The number of nitrogens with one attached hydrogen (secondary N) is 1. The number of rotatable bonds is 0. The molecular formula is C19H35NO3. The van der Waals surface area contributed by atoms with Gasteiger partial charge in [-0.3, -0.25) is 9.59 Å². The average molecular weight is 325 g/mol. The Kier molecular flexibility index (Phi) is 8.82. The molecule has 1 fully saturated rings. The summed E-state index contributed by atoms with van der Waals surface area (Å²) in [5.41, 5.74) is 0. The molecule has 134 valence electrons. The summed E-state index contributed by atoms with van der Waals surface area (Å²) in [6, 6.07) is 0. The van der Waals surface area contributed by atoms with Gasteiger partial charge in [0.1, 0.15) is 5.78 Å². The van der Waals surface area contributed by atoms with Crippen LogP contribution in [0.1, 0.15) is 72.6 Å². The first-order valence-corrected chi connectivity index (χ1v) is 9.29. The van der Waals surface area contributed by atoms with E-state index in [9.17, 15) is 14.7 Å². The Morgan fingerprint density at radius 1 is 0.957 bits per heavy atom. The zero-order valence-electron chi connectivity index (χ0n) is 15.3. The summed E-state index contributed by atoms with van der Waals surface area (Å²) < 4.78 is 0. The van der Waals surface area contributed by atoms with Gasteiger partial charge in [0, 0.05) is 18.4 Å². The highest BCUT2D eigenvalue weighted by atomic mass is 16.3. The minimum absolute atomic E-state index is 0.0186. The van der Waals surface area contributed by atoms with Crippen LogP contribution in [-0.2, 0) is 9.59 Å². The molecule has 0 bridgehead atoms. The molecule has 23 heavy (non-hydrogen) atoms. The van der Waals surface area contributed by atoms with Crippen LogP contribution in [0.2, 0.25) is 0 Å². The molecule has 1 amide bonds. The number of hydrogen-bond acceptors (Lipinski definition) is 3. The van der Waals surface area contributed by atoms with Crippen molar-refractivity contribution in [1.82, 2.24) is 5.32 Å². The van der Waals surface area contributed by atoms with Crippen molar-refractivity contribution in [2.45, 2.75) is 78.7 Å². The highest BCUT2D eigenvalue weighted by Gasteiger charge is 2.28. The molecule has 0 spiro atoms. The molecule has 0 aromatic heterocycles. The van der Waals surface area contributed by atoms with Crippen LogP contribution in [0, 0.1) is 23.7 Å². The van der Waals surface area contributed by atoms with Crippen molar-refractivity contribution in [3.8, 4) is 0 Å². The lowest BCUT2D eigenvalue weighted by molar-refractivity contribution is -0.131. The van der Waals surface area contributed by atoms with Gasteiger partial charge in [0.25, 0.3) is 0 Å². The van der Waals surface area contributed by atoms with Crippen LogP contribution in [0.15, 0.2) is 0 Å². The highest BCUT2D eigenvalue weighted by Crippen LogP contribution is 2.24. The third-order valence-corrected chi connectivity index (χ3v) is 5.25. The van der Waals surface area contributed by atoms with Crippen molar-refractivity contribution in [3.05, 3.63) is 0 Å². The van der Waals surface area contributed by atoms with E-state index >= 15 is 0 Å². The standard InChI is InChI=1S/C19H35NO3/c1-13-7-5-8-14(2)11-15(3)19(23)16(4)17(21)12-18(22)20-10-6-9-13/h13-17,21H,5-12H2,1-4H3,(H,20,22). The number of Topliss-reactive ketones (excluding diaryl/α,β-unsaturated/α-hetero) is 1. The normalized spacial score (nSPS) is 36.5. The topological polar surface area (TPSA) is 66.4 Å². The largest absolute Gasteiger partial charge is 0.392 e. The molecule has 1 heterocycles. The maximum absolute atomic E-state index is 12.5. The van der Waals surface area contributed by atoms with Crippen molar-refractivity contribution in [1.29, 1.82) is 0 Å². The molecule has 0 aromatic carbocycles. The summed E-state index contributed by atoms with van der Waals surface area (Å²) in [5.74, 6) is 0.604. The Bertz CT molecular complexity index is 383. The first kappa shape index (κ1) is 20.1. The summed E-state index contributed by atoms with van der Waals surface area (Å²) in [6.45, 7) is 8.84. The fourth-order valence-corrected chi connectivity index (χ4v) is 3.55. The lowest BCUT2D eigenvalue weighted by Gasteiger charge is -2.23. The monoisotopic (exact) mass is 325 g/mol. The van der Waals surface area contributed by atoms with Crippen molar-refractivity contribution < 1.29 is 14.7 Å². The van der Waals surface area contributed by atoms with Gasteiger partial charge in [0.15, 0.2) is 0 Å². The van der Waals surface area contributed by atoms with Crippen LogP contribution in [0.4, 0.5) is 0 Å². The Morgan fingerprint density at radius 3 is 2.26 bits per heavy atom. The first-order chi connectivity index (χ1) is 10.8. The summed E-state index contributed by atoms with van der Waals surface area (Å²) in [4.78, 5) is 24.3. The minimum atomic E-state index is -0.882. The number of aliphatic hydroxyl groups is 1. The number of amides is 1. The smallest absolute Gasteiger partial charge is 0.222 e. The molecule has 1 rings (SSSR count). The zero-order valence-corrected chi connectivity index (χ0v) is 15.3. The number of carbonyl (C=O) groups excluding carboxylic acids is 2. The van der Waals surface area contributed by atoms with Gasteiger partial charge in [-0.1, -0.05) is 47.0 Å². The fraction of sp³-hybridized carbons (Fsp3) is 0.895. The van der Waals surface area contributed by atoms with Gasteiger partial charge in [0.2, 0.25) is 5.91 Å². The molecule has 1 saturated heterocycles. The van der Waals surface area contributed by atoms with E-state index in [1.54, 1.807) is 6.92 Å². The summed E-state index contributed by atoms with van der Waals surface area (Å²) in [5, 5.41) is 13.0. The second-order valence-corrected chi connectivity index (χ2v) is 7.73. The predicted octanol–water partition coefficient (Wildman–Crippen LogP) is 3.32. The van der Waals surface area contributed by atoms with E-state index in [2.05, 4.69) is 19.2 Å². The lowest BCUT2D eigenvalue weighted by atomic mass is 9.83. The van der Waals surface area contributed by atoms with E-state index in [4.69, 9.17) is 0 Å². The van der Waals surface area contributed by atoms with Gasteiger partial charge in [-0.15, -0.1) is 0 Å². The van der Waals surface area contributed by atoms with Gasteiger partial charge in [-0.25, -0.2) is 0 Å². The molecule has 0 saturated carbocycles. The van der Waals surface area contributed by atoms with Gasteiger partial charge in [0.05, 0.1) is 12.5 Å².